The van der Waals surface area contributed by atoms with E-state index in [1.807, 2.05) is 19.1 Å². The van der Waals surface area contributed by atoms with Crippen molar-refractivity contribution in [2.24, 2.45) is 0 Å². The predicted molar refractivity (Wildman–Crippen MR) is 63.4 cm³/mol. The van der Waals surface area contributed by atoms with Crippen molar-refractivity contribution in [3.8, 4) is 5.75 Å². The van der Waals surface area contributed by atoms with Crippen molar-refractivity contribution < 1.29 is 18.7 Å². The smallest absolute Gasteiger partial charge is 0.373 e. The summed E-state index contributed by atoms with van der Waals surface area (Å²) in [6.45, 7) is 2.14. The van der Waals surface area contributed by atoms with E-state index >= 15 is 0 Å². The van der Waals surface area contributed by atoms with Gasteiger partial charge < -0.3 is 13.9 Å². The SMILES string of the molecule is COC(=O)c1ccc(COc2ccc(C)nc2)o1. The molecule has 0 aromatic carbocycles. The lowest BCUT2D eigenvalue weighted by Gasteiger charge is -2.03. The molecule has 0 saturated carbocycles. The molecule has 0 saturated heterocycles. The van der Waals surface area contributed by atoms with Crippen LogP contribution < -0.4 is 4.74 Å². The number of aryl methyl sites for hydroxylation is 1. The number of ether oxygens (including phenoxy) is 2. The molecule has 2 rings (SSSR count). The van der Waals surface area contributed by atoms with Crippen molar-refractivity contribution >= 4 is 5.97 Å². The van der Waals surface area contributed by atoms with Gasteiger partial charge >= 0.3 is 5.97 Å². The molecule has 0 amide bonds. The number of pyridine rings is 1. The van der Waals surface area contributed by atoms with Crippen molar-refractivity contribution in [1.82, 2.24) is 4.98 Å². The first-order valence-corrected chi connectivity index (χ1v) is 5.41. The average molecular weight is 247 g/mol. The molecule has 2 aromatic heterocycles. The van der Waals surface area contributed by atoms with Crippen LogP contribution in [-0.2, 0) is 11.3 Å². The van der Waals surface area contributed by atoms with Gasteiger partial charge in [0.15, 0.2) is 0 Å². The largest absolute Gasteiger partial charge is 0.484 e. The molecule has 5 nitrogen and oxygen atoms in total. The maximum atomic E-state index is 11.2. The molecular formula is C13H13NO4. The van der Waals surface area contributed by atoms with Gasteiger partial charge in [0, 0.05) is 5.69 Å². The Morgan fingerprint density at radius 2 is 2.17 bits per heavy atom. The lowest BCUT2D eigenvalue weighted by Crippen LogP contribution is -1.99. The predicted octanol–water partition coefficient (Wildman–Crippen LogP) is 2.35. The molecule has 2 heterocycles. The zero-order chi connectivity index (χ0) is 13.0. The molecule has 2 aromatic rings. The molecule has 0 aliphatic heterocycles. The summed E-state index contributed by atoms with van der Waals surface area (Å²) in [5.41, 5.74) is 0.924. The minimum absolute atomic E-state index is 0.165. The van der Waals surface area contributed by atoms with E-state index in [4.69, 9.17) is 9.15 Å². The fourth-order valence-electron chi connectivity index (χ4n) is 1.36. The average Bonchev–Trinajstić information content (AvgIpc) is 2.86. The first-order valence-electron chi connectivity index (χ1n) is 5.41. The quantitative estimate of drug-likeness (QED) is 0.776. The fourth-order valence-corrected chi connectivity index (χ4v) is 1.36. The highest BCUT2D eigenvalue weighted by Gasteiger charge is 2.11. The highest BCUT2D eigenvalue weighted by atomic mass is 16.5. The van der Waals surface area contributed by atoms with Crippen molar-refractivity contribution in [3.05, 3.63) is 47.7 Å². The number of rotatable bonds is 4. The zero-order valence-electron chi connectivity index (χ0n) is 10.2. The van der Waals surface area contributed by atoms with Crippen molar-refractivity contribution in [3.63, 3.8) is 0 Å². The van der Waals surface area contributed by atoms with Crippen LogP contribution in [0.2, 0.25) is 0 Å². The first kappa shape index (κ1) is 12.2. The summed E-state index contributed by atoms with van der Waals surface area (Å²) in [7, 11) is 1.30. The van der Waals surface area contributed by atoms with Crippen LogP contribution in [-0.4, -0.2) is 18.1 Å². The van der Waals surface area contributed by atoms with E-state index in [1.165, 1.54) is 7.11 Å². The molecule has 0 unspecified atom stereocenters. The molecule has 0 atom stereocenters. The maximum absolute atomic E-state index is 11.2. The van der Waals surface area contributed by atoms with Crippen LogP contribution >= 0.6 is 0 Å². The third-order valence-electron chi connectivity index (χ3n) is 2.31. The third-order valence-corrected chi connectivity index (χ3v) is 2.31. The molecular weight excluding hydrogens is 234 g/mol. The normalized spacial score (nSPS) is 10.1. The summed E-state index contributed by atoms with van der Waals surface area (Å²) in [5, 5.41) is 0. The van der Waals surface area contributed by atoms with Gasteiger partial charge in [-0.05, 0) is 31.2 Å². The van der Waals surface area contributed by atoms with Crippen LogP contribution in [0.25, 0.3) is 0 Å². The van der Waals surface area contributed by atoms with Gasteiger partial charge in [0.2, 0.25) is 5.76 Å². The summed E-state index contributed by atoms with van der Waals surface area (Å²) in [6.07, 6.45) is 1.64. The number of carbonyl (C=O) groups excluding carboxylic acids is 1. The zero-order valence-corrected chi connectivity index (χ0v) is 10.2. The maximum Gasteiger partial charge on any atom is 0.373 e. The van der Waals surface area contributed by atoms with E-state index in [2.05, 4.69) is 9.72 Å². The van der Waals surface area contributed by atoms with Crippen molar-refractivity contribution in [1.29, 1.82) is 0 Å². The van der Waals surface area contributed by atoms with E-state index in [-0.39, 0.29) is 12.4 Å². The van der Waals surface area contributed by atoms with Crippen LogP contribution in [0, 0.1) is 6.92 Å². The van der Waals surface area contributed by atoms with Crippen LogP contribution in [0.4, 0.5) is 0 Å². The minimum atomic E-state index is -0.502. The summed E-state index contributed by atoms with van der Waals surface area (Å²) in [6, 6.07) is 6.91. The summed E-state index contributed by atoms with van der Waals surface area (Å²) in [4.78, 5) is 15.3. The Kier molecular flexibility index (Phi) is 3.62. The van der Waals surface area contributed by atoms with Gasteiger partial charge in [-0.15, -0.1) is 0 Å². The number of furan rings is 1. The van der Waals surface area contributed by atoms with Gasteiger partial charge in [0.05, 0.1) is 13.3 Å². The monoisotopic (exact) mass is 247 g/mol. The molecule has 0 fully saturated rings. The Morgan fingerprint density at radius 3 is 2.83 bits per heavy atom. The number of nitrogens with zero attached hydrogens (tertiary/aromatic N) is 1. The Morgan fingerprint density at radius 1 is 1.33 bits per heavy atom. The van der Waals surface area contributed by atoms with Crippen LogP contribution in [0.3, 0.4) is 0 Å². The van der Waals surface area contributed by atoms with Crippen LogP contribution in [0.5, 0.6) is 5.75 Å². The second-order valence-electron chi connectivity index (χ2n) is 3.68. The number of esters is 1. The van der Waals surface area contributed by atoms with Gasteiger partial charge in [0.1, 0.15) is 18.1 Å². The highest BCUT2D eigenvalue weighted by Crippen LogP contribution is 2.14. The molecule has 0 N–H and O–H groups in total. The second-order valence-corrected chi connectivity index (χ2v) is 3.68. The van der Waals surface area contributed by atoms with Crippen LogP contribution in [0.1, 0.15) is 22.0 Å². The lowest BCUT2D eigenvalue weighted by molar-refractivity contribution is 0.0561. The second kappa shape index (κ2) is 5.35. The van der Waals surface area contributed by atoms with Gasteiger partial charge in [-0.25, -0.2) is 4.79 Å². The molecule has 0 radical (unpaired) electrons. The number of hydrogen-bond donors (Lipinski definition) is 0. The van der Waals surface area contributed by atoms with Gasteiger partial charge in [-0.1, -0.05) is 0 Å². The summed E-state index contributed by atoms with van der Waals surface area (Å²) < 4.78 is 15.3. The fraction of sp³-hybridized carbons (Fsp3) is 0.231. The standard InChI is InChI=1S/C13H13NO4/c1-9-3-4-10(7-14-9)17-8-11-5-6-12(18-11)13(15)16-2/h3-7H,8H2,1-2H3. The van der Waals surface area contributed by atoms with Crippen molar-refractivity contribution in [2.75, 3.05) is 7.11 Å². The van der Waals surface area contributed by atoms with Gasteiger partial charge in [-0.3, -0.25) is 4.98 Å². The molecule has 0 aliphatic carbocycles. The Bertz CT molecular complexity index is 530. The van der Waals surface area contributed by atoms with E-state index in [0.717, 1.165) is 5.69 Å². The van der Waals surface area contributed by atoms with E-state index in [0.29, 0.717) is 11.5 Å². The van der Waals surface area contributed by atoms with E-state index in [1.54, 1.807) is 18.3 Å². The topological polar surface area (TPSA) is 61.6 Å². The first-order chi connectivity index (χ1) is 8.69. The molecule has 5 heteroatoms. The molecule has 0 bridgehead atoms. The van der Waals surface area contributed by atoms with Crippen LogP contribution in [0.15, 0.2) is 34.9 Å². The molecule has 0 aliphatic rings. The molecule has 18 heavy (non-hydrogen) atoms. The van der Waals surface area contributed by atoms with Gasteiger partial charge in [-0.2, -0.15) is 0 Å². The summed E-state index contributed by atoms with van der Waals surface area (Å²) >= 11 is 0. The number of hydrogen-bond acceptors (Lipinski definition) is 5. The summed E-state index contributed by atoms with van der Waals surface area (Å²) in [5.74, 6) is 0.865. The molecule has 94 valence electrons. The minimum Gasteiger partial charge on any atom is -0.484 e. The number of aromatic nitrogens is 1. The highest BCUT2D eigenvalue weighted by molar-refractivity contribution is 5.86. The number of carbonyl (C=O) groups is 1. The van der Waals surface area contributed by atoms with E-state index < -0.39 is 5.97 Å². The molecule has 0 spiro atoms. The Hall–Kier alpha value is -2.30. The Labute approximate surface area is 104 Å². The number of methoxy groups -OCH3 is 1. The Balaban J connectivity index is 1.96. The van der Waals surface area contributed by atoms with Gasteiger partial charge in [0.25, 0.3) is 0 Å². The lowest BCUT2D eigenvalue weighted by atomic mass is 10.4. The third kappa shape index (κ3) is 2.88. The van der Waals surface area contributed by atoms with Crippen molar-refractivity contribution in [2.45, 2.75) is 13.5 Å². The van der Waals surface area contributed by atoms with E-state index in [9.17, 15) is 4.79 Å².